The van der Waals surface area contributed by atoms with E-state index in [-0.39, 0.29) is 16.8 Å². The third-order valence-corrected chi connectivity index (χ3v) is 4.81. The Morgan fingerprint density at radius 2 is 1.72 bits per heavy atom. The number of nitrogens with zero attached hydrogens (tertiary/aromatic N) is 1. The van der Waals surface area contributed by atoms with Crippen molar-refractivity contribution in [3.8, 4) is 17.2 Å². The lowest BCUT2D eigenvalue weighted by atomic mass is 10.2. The van der Waals surface area contributed by atoms with E-state index < -0.39 is 15.7 Å². The summed E-state index contributed by atoms with van der Waals surface area (Å²) in [7, 11) is -3.30. The number of anilines is 1. The van der Waals surface area contributed by atoms with E-state index in [0.29, 0.717) is 22.8 Å². The number of amides is 1. The molecule has 0 saturated heterocycles. The molecule has 0 aliphatic heterocycles. The van der Waals surface area contributed by atoms with Gasteiger partial charge in [-0.05, 0) is 50.2 Å². The molecule has 0 aliphatic carbocycles. The Morgan fingerprint density at radius 3 is 2.31 bits per heavy atom. The van der Waals surface area contributed by atoms with E-state index in [9.17, 15) is 13.2 Å². The summed E-state index contributed by atoms with van der Waals surface area (Å²) >= 11 is 0. The van der Waals surface area contributed by atoms with Crippen molar-refractivity contribution in [2.75, 3.05) is 11.6 Å². The minimum absolute atomic E-state index is 0.106. The Bertz CT molecular complexity index is 1090. The summed E-state index contributed by atoms with van der Waals surface area (Å²) in [6.45, 7) is 3.74. The number of benzene rings is 2. The van der Waals surface area contributed by atoms with Crippen LogP contribution in [0, 0.1) is 0 Å². The summed E-state index contributed by atoms with van der Waals surface area (Å²) in [5.74, 6) is 1.10. The molecule has 3 aromatic rings. The lowest BCUT2D eigenvalue weighted by molar-refractivity contribution is 0.102. The zero-order valence-electron chi connectivity index (χ0n) is 16.1. The predicted molar refractivity (Wildman–Crippen MR) is 106 cm³/mol. The third kappa shape index (κ3) is 5.58. The monoisotopic (exact) mass is 416 g/mol. The first-order valence-corrected chi connectivity index (χ1v) is 10.6. The van der Waals surface area contributed by atoms with Gasteiger partial charge >= 0.3 is 0 Å². The van der Waals surface area contributed by atoms with Crippen LogP contribution in [0.4, 0.5) is 5.82 Å². The first kappa shape index (κ1) is 20.4. The lowest BCUT2D eigenvalue weighted by Gasteiger charge is -2.14. The van der Waals surface area contributed by atoms with Crippen LogP contribution >= 0.6 is 0 Å². The van der Waals surface area contributed by atoms with Crippen molar-refractivity contribution >= 4 is 21.6 Å². The maximum atomic E-state index is 12.5. The van der Waals surface area contributed by atoms with Crippen molar-refractivity contribution in [3.63, 3.8) is 0 Å². The Balaban J connectivity index is 1.87. The number of sulfone groups is 1. The summed E-state index contributed by atoms with van der Waals surface area (Å²) < 4.78 is 39.4. The van der Waals surface area contributed by atoms with E-state index >= 15 is 0 Å². The number of carbonyl (C=O) groups is 1. The molecular weight excluding hydrogens is 396 g/mol. The fourth-order valence-electron chi connectivity index (χ4n) is 2.46. The second-order valence-electron chi connectivity index (χ2n) is 6.54. The van der Waals surface area contributed by atoms with Crippen molar-refractivity contribution < 1.29 is 27.2 Å². The molecule has 0 spiro atoms. The summed E-state index contributed by atoms with van der Waals surface area (Å²) in [6.07, 6.45) is 2.38. The highest BCUT2D eigenvalue weighted by molar-refractivity contribution is 7.90. The maximum absolute atomic E-state index is 12.5. The molecule has 9 heteroatoms. The average molecular weight is 416 g/mol. The second kappa shape index (κ2) is 8.36. The number of carbonyl (C=O) groups excluding carboxylic acids is 1. The maximum Gasteiger partial charge on any atom is 0.257 e. The summed E-state index contributed by atoms with van der Waals surface area (Å²) in [4.78, 5) is 12.7. The van der Waals surface area contributed by atoms with Gasteiger partial charge in [0.15, 0.2) is 15.7 Å². The van der Waals surface area contributed by atoms with E-state index in [4.69, 9.17) is 14.0 Å². The largest absolute Gasteiger partial charge is 0.491 e. The molecule has 1 amide bonds. The molecule has 2 aromatic carbocycles. The van der Waals surface area contributed by atoms with Gasteiger partial charge in [0.05, 0.1) is 11.0 Å². The lowest BCUT2D eigenvalue weighted by Crippen LogP contribution is -2.13. The van der Waals surface area contributed by atoms with Crippen molar-refractivity contribution in [1.29, 1.82) is 0 Å². The van der Waals surface area contributed by atoms with Crippen molar-refractivity contribution in [3.05, 3.63) is 60.4 Å². The standard InChI is InChI=1S/C20H20N2O6S/c1-13(2)27-16-10-14(20(23)21-19-8-9-26-22-19)11-17(12-16)28-15-4-6-18(7-5-15)29(3,24)25/h4-13H,1-3H3,(H,21,22,23). The number of hydrogen-bond acceptors (Lipinski definition) is 7. The molecule has 3 rings (SSSR count). The van der Waals surface area contributed by atoms with Crippen LogP contribution in [-0.2, 0) is 9.84 Å². The molecule has 1 N–H and O–H groups in total. The van der Waals surface area contributed by atoms with E-state index in [1.165, 1.54) is 24.5 Å². The van der Waals surface area contributed by atoms with Gasteiger partial charge < -0.3 is 19.3 Å². The van der Waals surface area contributed by atoms with Crippen LogP contribution in [0.1, 0.15) is 24.2 Å². The summed E-state index contributed by atoms with van der Waals surface area (Å²) in [6, 6.07) is 12.3. The van der Waals surface area contributed by atoms with E-state index in [2.05, 4.69) is 10.5 Å². The molecule has 0 saturated carbocycles. The van der Waals surface area contributed by atoms with Crippen LogP contribution in [0.2, 0.25) is 0 Å². The van der Waals surface area contributed by atoms with Crippen LogP contribution < -0.4 is 14.8 Å². The SMILES string of the molecule is CC(C)Oc1cc(Oc2ccc(S(C)(=O)=O)cc2)cc(C(=O)Nc2ccon2)c1. The van der Waals surface area contributed by atoms with E-state index in [1.54, 1.807) is 30.3 Å². The smallest absolute Gasteiger partial charge is 0.257 e. The van der Waals surface area contributed by atoms with Crippen LogP contribution in [0.3, 0.4) is 0 Å². The molecule has 0 bridgehead atoms. The van der Waals surface area contributed by atoms with Gasteiger partial charge in [-0.15, -0.1) is 0 Å². The van der Waals surface area contributed by atoms with Crippen LogP contribution in [0.5, 0.6) is 17.2 Å². The Morgan fingerprint density at radius 1 is 1.03 bits per heavy atom. The number of rotatable bonds is 7. The fourth-order valence-corrected chi connectivity index (χ4v) is 3.09. The van der Waals surface area contributed by atoms with Crippen LogP contribution in [0.25, 0.3) is 0 Å². The van der Waals surface area contributed by atoms with E-state index in [1.807, 2.05) is 13.8 Å². The van der Waals surface area contributed by atoms with Gasteiger partial charge in [-0.2, -0.15) is 0 Å². The molecule has 0 aliphatic rings. The molecule has 0 radical (unpaired) electrons. The van der Waals surface area contributed by atoms with Crippen LogP contribution in [-0.4, -0.2) is 31.8 Å². The topological polar surface area (TPSA) is 108 Å². The highest BCUT2D eigenvalue weighted by Crippen LogP contribution is 2.29. The first-order valence-electron chi connectivity index (χ1n) is 8.72. The number of nitrogens with one attached hydrogen (secondary N) is 1. The molecule has 0 fully saturated rings. The van der Waals surface area contributed by atoms with Gasteiger partial charge in [0, 0.05) is 24.0 Å². The number of aromatic nitrogens is 1. The highest BCUT2D eigenvalue weighted by Gasteiger charge is 2.14. The zero-order chi connectivity index (χ0) is 21.0. The molecule has 152 valence electrons. The highest BCUT2D eigenvalue weighted by atomic mass is 32.2. The summed E-state index contributed by atoms with van der Waals surface area (Å²) in [5.41, 5.74) is 0.300. The minimum Gasteiger partial charge on any atom is -0.491 e. The Labute approximate surface area is 168 Å². The quantitative estimate of drug-likeness (QED) is 0.622. The first-order chi connectivity index (χ1) is 13.7. The minimum atomic E-state index is -3.30. The van der Waals surface area contributed by atoms with Gasteiger partial charge in [0.1, 0.15) is 23.5 Å². The molecule has 0 atom stereocenters. The molecule has 1 aromatic heterocycles. The molecule has 0 unspecified atom stereocenters. The third-order valence-electron chi connectivity index (χ3n) is 3.68. The van der Waals surface area contributed by atoms with Crippen molar-refractivity contribution in [1.82, 2.24) is 5.16 Å². The van der Waals surface area contributed by atoms with Gasteiger partial charge in [-0.25, -0.2) is 8.42 Å². The van der Waals surface area contributed by atoms with Gasteiger partial charge in [0.25, 0.3) is 5.91 Å². The predicted octanol–water partition coefficient (Wildman–Crippen LogP) is 3.91. The zero-order valence-corrected chi connectivity index (χ0v) is 16.9. The normalized spacial score (nSPS) is 11.3. The molecule has 29 heavy (non-hydrogen) atoms. The second-order valence-corrected chi connectivity index (χ2v) is 8.56. The van der Waals surface area contributed by atoms with Gasteiger partial charge in [0.2, 0.25) is 0 Å². The fraction of sp³-hybridized carbons (Fsp3) is 0.200. The van der Waals surface area contributed by atoms with Crippen molar-refractivity contribution in [2.24, 2.45) is 0 Å². The van der Waals surface area contributed by atoms with Crippen molar-refractivity contribution in [2.45, 2.75) is 24.8 Å². The van der Waals surface area contributed by atoms with E-state index in [0.717, 1.165) is 6.26 Å². The molecule has 1 heterocycles. The molecular formula is C20H20N2O6S. The van der Waals surface area contributed by atoms with Gasteiger partial charge in [-0.3, -0.25) is 4.79 Å². The Hall–Kier alpha value is -3.33. The summed E-state index contributed by atoms with van der Waals surface area (Å²) in [5, 5.41) is 6.26. The molecule has 8 nitrogen and oxygen atoms in total. The average Bonchev–Trinajstić information content (AvgIpc) is 3.13. The van der Waals surface area contributed by atoms with Gasteiger partial charge in [-0.1, -0.05) is 5.16 Å². The Kier molecular flexibility index (Phi) is 5.88. The number of hydrogen-bond donors (Lipinski definition) is 1. The number of ether oxygens (including phenoxy) is 2. The van der Waals surface area contributed by atoms with Crippen LogP contribution in [0.15, 0.2) is 64.2 Å².